The summed E-state index contributed by atoms with van der Waals surface area (Å²) in [4.78, 5) is 0.348. The maximum absolute atomic E-state index is 13.1. The van der Waals surface area contributed by atoms with E-state index in [0.29, 0.717) is 33.1 Å². The Labute approximate surface area is 134 Å². The van der Waals surface area contributed by atoms with Gasteiger partial charge in [0.15, 0.2) is 0 Å². The van der Waals surface area contributed by atoms with Crippen molar-refractivity contribution in [2.24, 2.45) is 5.92 Å². The van der Waals surface area contributed by atoms with Gasteiger partial charge in [0, 0.05) is 22.7 Å². The molecule has 0 spiro atoms. The van der Waals surface area contributed by atoms with Crippen molar-refractivity contribution in [3.8, 4) is 0 Å². The number of fused-ring (bicyclic) bond motifs is 1. The lowest BCUT2D eigenvalue weighted by Crippen LogP contribution is -2.39. The number of nitrogen functional groups attached to an aromatic ring is 1. The highest BCUT2D eigenvalue weighted by Crippen LogP contribution is 2.40. The molecule has 1 heterocycles. The number of halogens is 1. The molecule has 2 fully saturated rings. The van der Waals surface area contributed by atoms with Crippen molar-refractivity contribution in [2.75, 3.05) is 12.3 Å². The molecule has 2 atom stereocenters. The van der Waals surface area contributed by atoms with Crippen LogP contribution in [0.2, 0.25) is 0 Å². The summed E-state index contributed by atoms with van der Waals surface area (Å²) in [6.07, 6.45) is 5.51. The molecule has 1 saturated carbocycles. The molecule has 0 amide bonds. The fourth-order valence-electron chi connectivity index (χ4n) is 3.73. The predicted molar refractivity (Wildman–Crippen MR) is 87.5 cm³/mol. The predicted octanol–water partition coefficient (Wildman–Crippen LogP) is 3.29. The van der Waals surface area contributed by atoms with E-state index in [9.17, 15) is 8.42 Å². The van der Waals surface area contributed by atoms with Crippen molar-refractivity contribution in [1.82, 2.24) is 4.31 Å². The van der Waals surface area contributed by atoms with Gasteiger partial charge in [-0.1, -0.05) is 28.8 Å². The molecule has 0 radical (unpaired) electrons. The second kappa shape index (κ2) is 5.56. The van der Waals surface area contributed by atoms with Gasteiger partial charge in [0.25, 0.3) is 0 Å². The van der Waals surface area contributed by atoms with Gasteiger partial charge in [0.2, 0.25) is 10.0 Å². The molecule has 1 aromatic rings. The van der Waals surface area contributed by atoms with Crippen LogP contribution in [-0.4, -0.2) is 25.3 Å². The summed E-state index contributed by atoms with van der Waals surface area (Å²) in [5.41, 5.74) is 7.10. The topological polar surface area (TPSA) is 63.4 Å². The molecule has 0 bridgehead atoms. The maximum atomic E-state index is 13.1. The second-order valence-corrected chi connectivity index (χ2v) is 8.91. The van der Waals surface area contributed by atoms with Crippen LogP contribution in [0.5, 0.6) is 0 Å². The first-order valence-electron chi connectivity index (χ1n) is 7.48. The Morgan fingerprint density at radius 2 is 1.95 bits per heavy atom. The average molecular weight is 373 g/mol. The zero-order valence-electron chi connectivity index (χ0n) is 12.2. The van der Waals surface area contributed by atoms with Crippen molar-refractivity contribution in [2.45, 2.75) is 50.0 Å². The first-order valence-corrected chi connectivity index (χ1v) is 9.72. The minimum atomic E-state index is -3.46. The number of hydrogen-bond donors (Lipinski definition) is 1. The molecule has 1 aliphatic carbocycles. The molecule has 21 heavy (non-hydrogen) atoms. The van der Waals surface area contributed by atoms with Gasteiger partial charge in [0.1, 0.15) is 0 Å². The third-order valence-electron chi connectivity index (χ3n) is 4.91. The number of nitrogens with zero attached hydrogens (tertiary/aromatic N) is 1. The number of rotatable bonds is 2. The number of anilines is 1. The van der Waals surface area contributed by atoms with Gasteiger partial charge in [-0.3, -0.25) is 0 Å². The standard InChI is InChI=1S/C15H21BrN2O2S/c1-10-13(17)8-12(16)9-15(10)21(19,20)18-7-6-11-4-2-3-5-14(11)18/h8-9,11,14H,2-7,17H2,1H3. The zero-order chi connectivity index (χ0) is 15.2. The summed E-state index contributed by atoms with van der Waals surface area (Å²) >= 11 is 3.35. The molecule has 6 heteroatoms. The molecule has 2 unspecified atom stereocenters. The molecule has 2 N–H and O–H groups in total. The fourth-order valence-corrected chi connectivity index (χ4v) is 6.37. The molecule has 1 saturated heterocycles. The van der Waals surface area contributed by atoms with Crippen LogP contribution in [0.25, 0.3) is 0 Å². The fraction of sp³-hybridized carbons (Fsp3) is 0.600. The second-order valence-electron chi connectivity index (χ2n) is 6.13. The SMILES string of the molecule is Cc1c(N)cc(Br)cc1S(=O)(=O)N1CCC2CCCCC21. The summed E-state index contributed by atoms with van der Waals surface area (Å²) in [7, 11) is -3.46. The van der Waals surface area contributed by atoms with E-state index in [0.717, 1.165) is 25.7 Å². The van der Waals surface area contributed by atoms with E-state index < -0.39 is 10.0 Å². The Morgan fingerprint density at radius 1 is 1.24 bits per heavy atom. The van der Waals surface area contributed by atoms with Crippen molar-refractivity contribution in [1.29, 1.82) is 0 Å². The largest absolute Gasteiger partial charge is 0.398 e. The van der Waals surface area contributed by atoms with Gasteiger partial charge in [-0.25, -0.2) is 8.42 Å². The van der Waals surface area contributed by atoms with Crippen molar-refractivity contribution < 1.29 is 8.42 Å². The summed E-state index contributed by atoms with van der Waals surface area (Å²) < 4.78 is 28.6. The lowest BCUT2D eigenvalue weighted by atomic mass is 9.86. The van der Waals surface area contributed by atoms with E-state index in [1.807, 2.05) is 0 Å². The number of nitrogens with two attached hydrogens (primary N) is 1. The normalized spacial score (nSPS) is 26.8. The van der Waals surface area contributed by atoms with E-state index in [2.05, 4.69) is 15.9 Å². The molecular weight excluding hydrogens is 352 g/mol. The molecule has 4 nitrogen and oxygen atoms in total. The van der Waals surface area contributed by atoms with Crippen LogP contribution >= 0.6 is 15.9 Å². The monoisotopic (exact) mass is 372 g/mol. The lowest BCUT2D eigenvalue weighted by Gasteiger charge is -2.31. The van der Waals surface area contributed by atoms with Crippen LogP contribution in [0.3, 0.4) is 0 Å². The Morgan fingerprint density at radius 3 is 2.71 bits per heavy atom. The third kappa shape index (κ3) is 2.62. The Hall–Kier alpha value is -0.590. The summed E-state index contributed by atoms with van der Waals surface area (Å²) in [6, 6.07) is 3.61. The molecule has 0 aromatic heterocycles. The molecule has 1 aliphatic heterocycles. The van der Waals surface area contributed by atoms with Crippen LogP contribution in [0, 0.1) is 12.8 Å². The number of hydrogen-bond acceptors (Lipinski definition) is 3. The van der Waals surface area contributed by atoms with Gasteiger partial charge in [-0.2, -0.15) is 4.31 Å². The minimum absolute atomic E-state index is 0.184. The van der Waals surface area contributed by atoms with Gasteiger partial charge >= 0.3 is 0 Å². The molecule has 116 valence electrons. The highest BCUT2D eigenvalue weighted by atomic mass is 79.9. The van der Waals surface area contributed by atoms with Crippen molar-refractivity contribution in [3.63, 3.8) is 0 Å². The third-order valence-corrected chi connectivity index (χ3v) is 7.42. The Balaban J connectivity index is 2.01. The first-order chi connectivity index (χ1) is 9.91. The Bertz CT molecular complexity index is 660. The minimum Gasteiger partial charge on any atom is -0.398 e. The summed E-state index contributed by atoms with van der Waals surface area (Å²) in [6.45, 7) is 2.42. The van der Waals surface area contributed by atoms with E-state index in [4.69, 9.17) is 5.73 Å². The van der Waals surface area contributed by atoms with Gasteiger partial charge in [-0.05, 0) is 49.8 Å². The van der Waals surface area contributed by atoms with E-state index >= 15 is 0 Å². The zero-order valence-corrected chi connectivity index (χ0v) is 14.6. The molecule has 2 aliphatic rings. The van der Waals surface area contributed by atoms with Crippen LogP contribution in [0.1, 0.15) is 37.7 Å². The molecular formula is C15H21BrN2O2S. The van der Waals surface area contributed by atoms with Crippen LogP contribution in [-0.2, 0) is 10.0 Å². The smallest absolute Gasteiger partial charge is 0.243 e. The average Bonchev–Trinajstić information content (AvgIpc) is 2.87. The molecule has 1 aromatic carbocycles. The van der Waals surface area contributed by atoms with Crippen LogP contribution in [0.15, 0.2) is 21.5 Å². The highest BCUT2D eigenvalue weighted by Gasteiger charge is 2.42. The van der Waals surface area contributed by atoms with E-state index in [-0.39, 0.29) is 6.04 Å². The van der Waals surface area contributed by atoms with Crippen LogP contribution in [0.4, 0.5) is 5.69 Å². The van der Waals surface area contributed by atoms with E-state index in [1.165, 1.54) is 6.42 Å². The Kier molecular flexibility index (Phi) is 4.05. The number of benzene rings is 1. The van der Waals surface area contributed by atoms with Crippen molar-refractivity contribution >= 4 is 31.6 Å². The van der Waals surface area contributed by atoms with Gasteiger partial charge in [-0.15, -0.1) is 0 Å². The van der Waals surface area contributed by atoms with Crippen LogP contribution < -0.4 is 5.73 Å². The molecule has 3 rings (SSSR count). The maximum Gasteiger partial charge on any atom is 0.243 e. The lowest BCUT2D eigenvalue weighted by molar-refractivity contribution is 0.260. The number of sulfonamides is 1. The van der Waals surface area contributed by atoms with Crippen molar-refractivity contribution in [3.05, 3.63) is 22.2 Å². The quantitative estimate of drug-likeness (QED) is 0.810. The first kappa shape index (κ1) is 15.3. The highest BCUT2D eigenvalue weighted by molar-refractivity contribution is 9.10. The van der Waals surface area contributed by atoms with E-state index in [1.54, 1.807) is 23.4 Å². The summed E-state index contributed by atoms with van der Waals surface area (Å²) in [5, 5.41) is 0. The van der Waals surface area contributed by atoms with Gasteiger partial charge < -0.3 is 5.73 Å². The van der Waals surface area contributed by atoms with Gasteiger partial charge in [0.05, 0.1) is 4.90 Å². The summed E-state index contributed by atoms with van der Waals surface area (Å²) in [5.74, 6) is 0.540.